The predicted molar refractivity (Wildman–Crippen MR) is 284 cm³/mol. The number of hydrogen-bond acceptors (Lipinski definition) is 16. The highest BCUT2D eigenvalue weighted by Gasteiger charge is 2.48. The molecule has 424 valence electrons. The molecule has 15 atom stereocenters. The van der Waals surface area contributed by atoms with Crippen molar-refractivity contribution in [1.82, 2.24) is 0 Å². The Hall–Kier alpha value is -1.47. The molecule has 15 unspecified atom stereocenters. The van der Waals surface area contributed by atoms with Crippen molar-refractivity contribution in [2.24, 2.45) is 52.3 Å². The first kappa shape index (κ1) is 69.5. The summed E-state index contributed by atoms with van der Waals surface area (Å²) in [5.74, 6) is 1.68. The Morgan fingerprint density at radius 1 is 0.437 bits per heavy atom. The summed E-state index contributed by atoms with van der Waals surface area (Å²) in [7, 11) is 0. The first-order valence-electron chi connectivity index (χ1n) is 27.0. The summed E-state index contributed by atoms with van der Waals surface area (Å²) < 4.78 is 52.9. The van der Waals surface area contributed by atoms with E-state index in [2.05, 4.69) is 88.8 Å². The number of aliphatic hydroxyl groups is 2. The van der Waals surface area contributed by atoms with Crippen molar-refractivity contribution in [3.05, 3.63) is 0 Å². The van der Waals surface area contributed by atoms with Crippen LogP contribution in [0.5, 0.6) is 0 Å². The van der Waals surface area contributed by atoms with Gasteiger partial charge in [0.2, 0.25) is 0 Å². The molecule has 0 aromatic rings. The molecule has 0 aliphatic rings. The number of ether oxygens (including phenoxy) is 9. The number of carbonyl (C=O) groups excluding carboxylic acids is 2. The van der Waals surface area contributed by atoms with E-state index in [1.807, 2.05) is 34.6 Å². The van der Waals surface area contributed by atoms with Crippen LogP contribution in [-0.4, -0.2) is 141 Å². The molecule has 2 N–H and O–H groups in total. The molecular weight excluding hydrogens is 933 g/mol. The van der Waals surface area contributed by atoms with Crippen LogP contribution in [0, 0.1) is 52.3 Å². The predicted octanol–water partition coefficient (Wildman–Crippen LogP) is 11.6. The van der Waals surface area contributed by atoms with Gasteiger partial charge in [0.15, 0.2) is 0 Å². The average Bonchev–Trinajstić information content (AvgIpc) is 3.25. The van der Waals surface area contributed by atoms with Crippen molar-refractivity contribution in [3.8, 4) is 0 Å². The summed E-state index contributed by atoms with van der Waals surface area (Å²) in [6, 6.07) is 0. The highest BCUT2D eigenvalue weighted by Crippen LogP contribution is 2.49. The van der Waals surface area contributed by atoms with E-state index >= 15 is 0 Å². The normalized spacial score (nSPS) is 19.9. The third kappa shape index (κ3) is 23.1. The fourth-order valence-electron chi connectivity index (χ4n) is 11.0. The van der Waals surface area contributed by atoms with Crippen LogP contribution in [0.15, 0.2) is 0 Å². The Kier molecular flexibility index (Phi) is 33.5. The molecule has 0 rings (SSSR count). The van der Waals surface area contributed by atoms with Crippen molar-refractivity contribution in [3.63, 3.8) is 0 Å². The standard InChI is InChI=1S/C55H108O15S/c1-23-38(10)54(36(6)7,25-44(16)63-32-47(19)68-52(59)69-48(20)33-65-70-55(37(8)9,50(22)71)49(21)64-29-42(14)57)40(12)27-61-30-45(17)66-51(58)67-46(18)31-62-43(15)24-53(34(2)3,35(4)5)39(11)26-60-28-41(13)56/h34-50,56-57,71H,23-33H2,1-22H3. The summed E-state index contributed by atoms with van der Waals surface area (Å²) >= 11 is 4.68. The van der Waals surface area contributed by atoms with Crippen LogP contribution in [0.4, 0.5) is 9.59 Å². The van der Waals surface area contributed by atoms with Gasteiger partial charge in [-0.15, -0.1) is 0 Å². The second kappa shape index (κ2) is 34.2. The average molecular weight is 1040 g/mol. The van der Waals surface area contributed by atoms with E-state index in [0.29, 0.717) is 43.5 Å². The number of aliphatic hydroxyl groups excluding tert-OH is 2. The van der Waals surface area contributed by atoms with Gasteiger partial charge in [-0.1, -0.05) is 96.4 Å². The molecule has 0 aliphatic heterocycles. The molecule has 0 spiro atoms. The third-order valence-electron chi connectivity index (χ3n) is 15.0. The van der Waals surface area contributed by atoms with E-state index in [9.17, 15) is 19.8 Å². The van der Waals surface area contributed by atoms with Gasteiger partial charge >= 0.3 is 12.3 Å². The van der Waals surface area contributed by atoms with E-state index in [0.717, 1.165) is 19.3 Å². The van der Waals surface area contributed by atoms with Crippen LogP contribution in [0.25, 0.3) is 0 Å². The first-order chi connectivity index (χ1) is 32.9. The maximum absolute atomic E-state index is 12.9. The van der Waals surface area contributed by atoms with Crippen molar-refractivity contribution < 1.29 is 72.2 Å². The molecule has 0 aromatic heterocycles. The van der Waals surface area contributed by atoms with Crippen molar-refractivity contribution in [2.45, 2.75) is 237 Å². The highest BCUT2D eigenvalue weighted by atomic mass is 32.1. The molecule has 71 heavy (non-hydrogen) atoms. The van der Waals surface area contributed by atoms with Crippen LogP contribution in [0.3, 0.4) is 0 Å². The number of rotatable bonds is 39. The molecule has 0 aliphatic carbocycles. The van der Waals surface area contributed by atoms with Gasteiger partial charge in [-0.2, -0.15) is 12.6 Å². The monoisotopic (exact) mass is 1040 g/mol. The van der Waals surface area contributed by atoms with E-state index in [4.69, 9.17) is 52.4 Å². The lowest BCUT2D eigenvalue weighted by Crippen LogP contribution is -2.55. The van der Waals surface area contributed by atoms with Crippen LogP contribution < -0.4 is 0 Å². The van der Waals surface area contributed by atoms with E-state index < -0.39 is 60.6 Å². The second-order valence-corrected chi connectivity index (χ2v) is 23.3. The number of hydrogen-bond donors (Lipinski definition) is 3. The lowest BCUT2D eigenvalue weighted by Gasteiger charge is -2.49. The van der Waals surface area contributed by atoms with Crippen molar-refractivity contribution in [2.75, 3.05) is 52.9 Å². The highest BCUT2D eigenvalue weighted by molar-refractivity contribution is 7.81. The molecule has 0 radical (unpaired) electrons. The Morgan fingerprint density at radius 3 is 1.20 bits per heavy atom. The Labute approximate surface area is 438 Å². The molecule has 0 bridgehead atoms. The number of carbonyl (C=O) groups is 2. The van der Waals surface area contributed by atoms with Gasteiger partial charge in [0.25, 0.3) is 0 Å². The van der Waals surface area contributed by atoms with E-state index in [1.165, 1.54) is 0 Å². The van der Waals surface area contributed by atoms with Gasteiger partial charge in [-0.05, 0) is 127 Å². The minimum atomic E-state index is -0.941. The fourth-order valence-corrected chi connectivity index (χ4v) is 11.5. The van der Waals surface area contributed by atoms with Crippen LogP contribution in [0.1, 0.15) is 172 Å². The maximum Gasteiger partial charge on any atom is 0.508 e. The van der Waals surface area contributed by atoms with Gasteiger partial charge in [0.05, 0.1) is 63.6 Å². The summed E-state index contributed by atoms with van der Waals surface area (Å²) in [5.41, 5.74) is -1.15. The molecule has 15 nitrogen and oxygen atoms in total. The smallest absolute Gasteiger partial charge is 0.429 e. The molecule has 0 amide bonds. The quantitative estimate of drug-likeness (QED) is 0.0229. The first-order valence-corrected chi connectivity index (χ1v) is 27.5. The van der Waals surface area contributed by atoms with Crippen molar-refractivity contribution >= 4 is 24.9 Å². The summed E-state index contributed by atoms with van der Waals surface area (Å²) in [5, 5.41) is 19.2. The molecule has 16 heteroatoms. The zero-order chi connectivity index (χ0) is 55.0. The second-order valence-electron chi connectivity index (χ2n) is 22.5. The van der Waals surface area contributed by atoms with Gasteiger partial charge in [0, 0.05) is 18.5 Å². The molecule has 0 saturated carbocycles. The minimum Gasteiger partial charge on any atom is -0.429 e. The topological polar surface area (TPSA) is 176 Å². The zero-order valence-electron chi connectivity index (χ0n) is 48.7. The molecular formula is C55H108O15S. The molecule has 0 aromatic carbocycles. The minimum absolute atomic E-state index is 0.0546. The zero-order valence-corrected chi connectivity index (χ0v) is 49.6. The Bertz CT molecular complexity index is 1400. The number of thiol groups is 1. The third-order valence-corrected chi connectivity index (χ3v) is 15.4. The van der Waals surface area contributed by atoms with Crippen LogP contribution in [-0.2, 0) is 52.4 Å². The molecule has 0 fully saturated rings. The van der Waals surface area contributed by atoms with Gasteiger partial charge in [0.1, 0.15) is 36.6 Å². The van der Waals surface area contributed by atoms with Crippen LogP contribution >= 0.6 is 12.6 Å². The summed E-state index contributed by atoms with van der Waals surface area (Å²) in [6.07, 6.45) is -3.22. The summed E-state index contributed by atoms with van der Waals surface area (Å²) in [4.78, 5) is 37.3. The van der Waals surface area contributed by atoms with Gasteiger partial charge < -0.3 is 52.8 Å². The van der Waals surface area contributed by atoms with Crippen LogP contribution in [0.2, 0.25) is 0 Å². The van der Waals surface area contributed by atoms with E-state index in [1.54, 1.807) is 41.5 Å². The largest absolute Gasteiger partial charge is 0.508 e. The maximum atomic E-state index is 12.9. The summed E-state index contributed by atoms with van der Waals surface area (Å²) in [6.45, 7) is 46.7. The lowest BCUT2D eigenvalue weighted by molar-refractivity contribution is -0.394. The SMILES string of the molecule is CCC(C)C(CC(C)OCC(C)OC(=O)OC(C)COOC(C(C)C)(C(C)S)C(C)OCC(C)O)(C(C)C)C(C)COCC(C)OC(=O)OC(C)COC(C)CC(C(C)C)(C(C)C)C(C)COCC(C)O. The Balaban J connectivity index is 5.26. The van der Waals surface area contributed by atoms with Gasteiger partial charge in [-0.25, -0.2) is 19.4 Å². The Morgan fingerprint density at radius 2 is 0.817 bits per heavy atom. The van der Waals surface area contributed by atoms with Gasteiger partial charge in [-0.3, -0.25) is 0 Å². The molecule has 0 heterocycles. The lowest BCUT2D eigenvalue weighted by atomic mass is 9.58. The molecule has 0 saturated heterocycles. The van der Waals surface area contributed by atoms with E-state index in [-0.39, 0.29) is 79.1 Å². The van der Waals surface area contributed by atoms with Crippen molar-refractivity contribution in [1.29, 1.82) is 0 Å². The fraction of sp³-hybridized carbons (Fsp3) is 0.964.